The smallest absolute Gasteiger partial charge is 0.305 e. The lowest BCUT2D eigenvalue weighted by atomic mass is 9.91. The van der Waals surface area contributed by atoms with Crippen LogP contribution in [0, 0.1) is 11.8 Å². The van der Waals surface area contributed by atoms with Gasteiger partial charge in [-0.2, -0.15) is 11.8 Å². The van der Waals surface area contributed by atoms with Gasteiger partial charge in [0, 0.05) is 38.2 Å². The standard InChI is InChI=1S/C26H38O6S/c1-3-12-32-26(30)8-5-13-33-14-11-23-22(24(28)17-25(23)29)10-9-21(27)16-19-6-4-7-20(15-19)18-31-2/h4,6-7,9-10,15,21-24,27-28H,3,5,8,11-14,16-18H2,1-2H3. The first-order valence-corrected chi connectivity index (χ1v) is 13.0. The number of rotatable bonds is 15. The Morgan fingerprint density at radius 2 is 2.09 bits per heavy atom. The van der Waals surface area contributed by atoms with E-state index in [2.05, 4.69) is 0 Å². The molecule has 0 aliphatic heterocycles. The molecule has 2 rings (SSSR count). The van der Waals surface area contributed by atoms with Crippen molar-refractivity contribution in [3.63, 3.8) is 0 Å². The van der Waals surface area contributed by atoms with Crippen LogP contribution in [-0.2, 0) is 32.1 Å². The van der Waals surface area contributed by atoms with Gasteiger partial charge in [0.25, 0.3) is 0 Å². The SMILES string of the molecule is CCCOC(=O)CCCSCCC1C(=O)CC(O)C1C=CC(O)Cc1cccc(COC)c1. The maximum atomic E-state index is 12.4. The van der Waals surface area contributed by atoms with Crippen LogP contribution >= 0.6 is 11.8 Å². The summed E-state index contributed by atoms with van der Waals surface area (Å²) in [5.41, 5.74) is 2.06. The molecule has 1 aromatic carbocycles. The van der Waals surface area contributed by atoms with Crippen molar-refractivity contribution in [1.82, 2.24) is 0 Å². The third-order valence-corrected chi connectivity index (χ3v) is 6.85. The number of ether oxygens (including phenoxy) is 2. The number of methoxy groups -OCH3 is 1. The van der Waals surface area contributed by atoms with Crippen LogP contribution < -0.4 is 0 Å². The van der Waals surface area contributed by atoms with E-state index in [4.69, 9.17) is 9.47 Å². The molecule has 1 aliphatic carbocycles. The monoisotopic (exact) mass is 478 g/mol. The molecule has 0 radical (unpaired) electrons. The maximum Gasteiger partial charge on any atom is 0.305 e. The van der Waals surface area contributed by atoms with Crippen LogP contribution in [0.3, 0.4) is 0 Å². The Kier molecular flexibility index (Phi) is 12.8. The largest absolute Gasteiger partial charge is 0.466 e. The van der Waals surface area contributed by atoms with E-state index in [1.165, 1.54) is 0 Å². The van der Waals surface area contributed by atoms with Crippen LogP contribution in [0.5, 0.6) is 0 Å². The highest BCUT2D eigenvalue weighted by molar-refractivity contribution is 7.99. The molecule has 0 bridgehead atoms. The van der Waals surface area contributed by atoms with E-state index >= 15 is 0 Å². The van der Waals surface area contributed by atoms with Crippen molar-refractivity contribution < 1.29 is 29.3 Å². The molecule has 33 heavy (non-hydrogen) atoms. The van der Waals surface area contributed by atoms with Gasteiger partial charge in [-0.05, 0) is 41.9 Å². The van der Waals surface area contributed by atoms with E-state index in [0.717, 1.165) is 35.5 Å². The Morgan fingerprint density at radius 1 is 1.30 bits per heavy atom. The predicted octanol–water partition coefficient (Wildman–Crippen LogP) is 3.72. The lowest BCUT2D eigenvalue weighted by molar-refractivity contribution is -0.143. The van der Waals surface area contributed by atoms with Crippen LogP contribution in [-0.4, -0.2) is 59.4 Å². The summed E-state index contributed by atoms with van der Waals surface area (Å²) in [7, 11) is 1.65. The van der Waals surface area contributed by atoms with Crippen LogP contribution in [0.15, 0.2) is 36.4 Å². The normalized spacial score (nSPS) is 21.6. The Hall–Kier alpha value is -1.67. The number of ketones is 1. The molecule has 2 N–H and O–H groups in total. The van der Waals surface area contributed by atoms with E-state index in [0.29, 0.717) is 32.5 Å². The molecular weight excluding hydrogens is 440 g/mol. The minimum absolute atomic E-state index is 0.0858. The summed E-state index contributed by atoms with van der Waals surface area (Å²) in [5, 5.41) is 20.8. The lowest BCUT2D eigenvalue weighted by Crippen LogP contribution is -2.20. The van der Waals surface area contributed by atoms with Gasteiger partial charge in [0.2, 0.25) is 0 Å². The molecule has 0 spiro atoms. The highest BCUT2D eigenvalue weighted by atomic mass is 32.2. The number of carbonyl (C=O) groups excluding carboxylic acids is 2. The number of aliphatic hydroxyl groups excluding tert-OH is 2. The minimum atomic E-state index is -0.700. The summed E-state index contributed by atoms with van der Waals surface area (Å²) in [6.45, 7) is 2.97. The van der Waals surface area contributed by atoms with Gasteiger partial charge in [-0.3, -0.25) is 9.59 Å². The number of carbonyl (C=O) groups is 2. The molecule has 6 nitrogen and oxygen atoms in total. The molecule has 0 aromatic heterocycles. The number of esters is 1. The van der Waals surface area contributed by atoms with Gasteiger partial charge < -0.3 is 19.7 Å². The first-order valence-electron chi connectivity index (χ1n) is 11.8. The van der Waals surface area contributed by atoms with Crippen molar-refractivity contribution in [2.45, 2.75) is 64.3 Å². The first kappa shape index (κ1) is 27.6. The van der Waals surface area contributed by atoms with Gasteiger partial charge in [-0.25, -0.2) is 0 Å². The quantitative estimate of drug-likeness (QED) is 0.225. The zero-order valence-electron chi connectivity index (χ0n) is 19.8. The fourth-order valence-electron chi connectivity index (χ4n) is 4.09. The zero-order chi connectivity index (χ0) is 24.1. The fourth-order valence-corrected chi connectivity index (χ4v) is 5.06. The first-order chi connectivity index (χ1) is 15.9. The van der Waals surface area contributed by atoms with Crippen molar-refractivity contribution in [2.24, 2.45) is 11.8 Å². The van der Waals surface area contributed by atoms with Crippen LogP contribution in [0.1, 0.15) is 50.2 Å². The number of aliphatic hydroxyl groups is 2. The molecule has 4 atom stereocenters. The summed E-state index contributed by atoms with van der Waals surface area (Å²) in [6.07, 6.45) is 5.47. The average molecular weight is 479 g/mol. The highest BCUT2D eigenvalue weighted by Gasteiger charge is 2.39. The van der Waals surface area contributed by atoms with Crippen LogP contribution in [0.25, 0.3) is 0 Å². The van der Waals surface area contributed by atoms with Crippen molar-refractivity contribution in [2.75, 3.05) is 25.2 Å². The van der Waals surface area contributed by atoms with Crippen molar-refractivity contribution in [3.05, 3.63) is 47.5 Å². The Bertz CT molecular complexity index is 765. The van der Waals surface area contributed by atoms with E-state index < -0.39 is 12.2 Å². The molecule has 0 heterocycles. The van der Waals surface area contributed by atoms with E-state index in [9.17, 15) is 19.8 Å². The second-order valence-electron chi connectivity index (χ2n) is 8.56. The van der Waals surface area contributed by atoms with Crippen LogP contribution in [0.2, 0.25) is 0 Å². The third kappa shape index (κ3) is 10.0. The zero-order valence-corrected chi connectivity index (χ0v) is 20.6. The lowest BCUT2D eigenvalue weighted by Gasteiger charge is -2.18. The van der Waals surface area contributed by atoms with Crippen LogP contribution in [0.4, 0.5) is 0 Å². The number of hydrogen-bond donors (Lipinski definition) is 2. The Morgan fingerprint density at radius 3 is 2.85 bits per heavy atom. The Balaban J connectivity index is 1.78. The number of Topliss-reactive ketones (excluding diaryl/α,β-unsaturated/α-hetero) is 1. The molecule has 1 fully saturated rings. The molecule has 1 aromatic rings. The minimum Gasteiger partial charge on any atom is -0.466 e. The fraction of sp³-hybridized carbons (Fsp3) is 0.615. The van der Waals surface area contributed by atoms with E-state index in [-0.39, 0.29) is 30.0 Å². The maximum absolute atomic E-state index is 12.4. The van der Waals surface area contributed by atoms with Gasteiger partial charge in [0.1, 0.15) is 5.78 Å². The van der Waals surface area contributed by atoms with Gasteiger partial charge >= 0.3 is 5.97 Å². The number of benzene rings is 1. The second kappa shape index (κ2) is 15.3. The topological polar surface area (TPSA) is 93.1 Å². The molecule has 0 saturated heterocycles. The molecule has 0 amide bonds. The van der Waals surface area contributed by atoms with Gasteiger partial charge in [0.15, 0.2) is 0 Å². The summed E-state index contributed by atoms with van der Waals surface area (Å²) in [6, 6.07) is 7.91. The molecule has 1 saturated carbocycles. The molecule has 7 heteroatoms. The Labute approximate surface area is 201 Å². The molecule has 184 valence electrons. The molecule has 1 aliphatic rings. The van der Waals surface area contributed by atoms with Gasteiger partial charge in [-0.15, -0.1) is 0 Å². The van der Waals surface area contributed by atoms with E-state index in [1.807, 2.05) is 37.3 Å². The van der Waals surface area contributed by atoms with Crippen molar-refractivity contribution in [1.29, 1.82) is 0 Å². The molecule has 4 unspecified atom stereocenters. The summed E-state index contributed by atoms with van der Waals surface area (Å²) in [4.78, 5) is 23.9. The third-order valence-electron chi connectivity index (χ3n) is 5.75. The summed E-state index contributed by atoms with van der Waals surface area (Å²) < 4.78 is 10.2. The summed E-state index contributed by atoms with van der Waals surface area (Å²) in [5.74, 6) is 1.08. The number of hydrogen-bond acceptors (Lipinski definition) is 7. The predicted molar refractivity (Wildman–Crippen MR) is 131 cm³/mol. The highest BCUT2D eigenvalue weighted by Crippen LogP contribution is 2.34. The van der Waals surface area contributed by atoms with E-state index in [1.54, 1.807) is 24.9 Å². The number of thioether (sulfide) groups is 1. The average Bonchev–Trinajstić information content (AvgIpc) is 3.05. The molecular formula is C26H38O6S. The van der Waals surface area contributed by atoms with Crippen molar-refractivity contribution in [3.8, 4) is 0 Å². The summed E-state index contributed by atoms with van der Waals surface area (Å²) >= 11 is 1.72. The van der Waals surface area contributed by atoms with Crippen molar-refractivity contribution >= 4 is 23.5 Å². The second-order valence-corrected chi connectivity index (χ2v) is 9.78. The van der Waals surface area contributed by atoms with Gasteiger partial charge in [0.05, 0.1) is 25.4 Å². The van der Waals surface area contributed by atoms with Gasteiger partial charge in [-0.1, -0.05) is 43.3 Å².